The molecule has 4 rings (SSSR count). The van der Waals surface area contributed by atoms with Crippen molar-refractivity contribution in [3.8, 4) is 0 Å². The van der Waals surface area contributed by atoms with Gasteiger partial charge in [0.15, 0.2) is 5.96 Å². The van der Waals surface area contributed by atoms with Crippen molar-refractivity contribution in [2.24, 2.45) is 16.3 Å². The fourth-order valence-corrected chi connectivity index (χ4v) is 5.51. The second-order valence-electron chi connectivity index (χ2n) is 8.16. The summed E-state index contributed by atoms with van der Waals surface area (Å²) < 4.78 is 6.02. The van der Waals surface area contributed by atoms with Crippen LogP contribution in [0.3, 0.4) is 0 Å². The first-order valence-electron chi connectivity index (χ1n) is 9.99. The van der Waals surface area contributed by atoms with Crippen molar-refractivity contribution in [3.63, 3.8) is 0 Å². The number of carbonyl (C=O) groups excluding carboxylic acids is 1. The summed E-state index contributed by atoms with van der Waals surface area (Å²) in [5.41, 5.74) is 0.295. The van der Waals surface area contributed by atoms with Crippen LogP contribution in [0.2, 0.25) is 0 Å². The molecule has 3 aliphatic rings. The van der Waals surface area contributed by atoms with Crippen LogP contribution in [0.5, 0.6) is 0 Å². The van der Waals surface area contributed by atoms with Crippen molar-refractivity contribution in [3.05, 3.63) is 22.4 Å². The predicted octanol–water partition coefficient (Wildman–Crippen LogP) is 1.87. The van der Waals surface area contributed by atoms with Crippen LogP contribution < -0.4 is 10.6 Å². The minimum atomic E-state index is 0.0170. The van der Waals surface area contributed by atoms with Crippen LogP contribution >= 0.6 is 11.3 Å². The van der Waals surface area contributed by atoms with E-state index in [0.717, 1.165) is 32.0 Å². The van der Waals surface area contributed by atoms with Gasteiger partial charge in [0.05, 0.1) is 6.10 Å². The first-order chi connectivity index (χ1) is 13.1. The largest absolute Gasteiger partial charge is 0.377 e. The maximum atomic E-state index is 12.0. The number of likely N-dealkylation sites (N-methyl/N-ethyl adjacent to an activating group) is 1. The number of aliphatic imine (C=N–C) groups is 1. The van der Waals surface area contributed by atoms with Crippen molar-refractivity contribution >= 4 is 23.2 Å². The number of guanidine groups is 1. The Balaban J connectivity index is 1.40. The molecule has 0 aromatic carbocycles. The molecule has 1 saturated heterocycles. The number of fused-ring (bicyclic) bond motifs is 2. The number of ether oxygens (including phenoxy) is 1. The van der Waals surface area contributed by atoms with Crippen LogP contribution in [0.25, 0.3) is 0 Å². The monoisotopic (exact) mass is 390 g/mol. The van der Waals surface area contributed by atoms with Crippen LogP contribution in [0.4, 0.5) is 0 Å². The van der Waals surface area contributed by atoms with E-state index in [2.05, 4.69) is 33.1 Å². The predicted molar refractivity (Wildman–Crippen MR) is 108 cm³/mol. The van der Waals surface area contributed by atoms with Crippen LogP contribution in [-0.4, -0.2) is 62.7 Å². The lowest BCUT2D eigenvalue weighted by atomic mass is 9.46. The summed E-state index contributed by atoms with van der Waals surface area (Å²) in [6.07, 6.45) is 6.30. The van der Waals surface area contributed by atoms with Crippen molar-refractivity contribution in [2.75, 3.05) is 33.8 Å². The Hall–Kier alpha value is -1.60. The quantitative estimate of drug-likeness (QED) is 0.575. The van der Waals surface area contributed by atoms with E-state index in [-0.39, 0.29) is 12.5 Å². The van der Waals surface area contributed by atoms with Gasteiger partial charge in [-0.05, 0) is 37.1 Å². The zero-order chi connectivity index (χ0) is 18.9. The molecule has 1 aromatic rings. The molecular formula is C20H30N4O2S. The lowest BCUT2D eigenvalue weighted by Gasteiger charge is -2.63. The van der Waals surface area contributed by atoms with Gasteiger partial charge in [-0.15, -0.1) is 11.3 Å². The van der Waals surface area contributed by atoms with Gasteiger partial charge in [-0.2, -0.15) is 0 Å². The molecule has 3 unspecified atom stereocenters. The van der Waals surface area contributed by atoms with Gasteiger partial charge in [0, 0.05) is 49.5 Å². The fraction of sp³-hybridized carbons (Fsp3) is 0.700. The minimum absolute atomic E-state index is 0.0170. The Bertz CT molecular complexity index is 684. The normalized spacial score (nSPS) is 28.2. The Kier molecular flexibility index (Phi) is 5.41. The molecule has 1 aromatic heterocycles. The van der Waals surface area contributed by atoms with Gasteiger partial charge in [0.25, 0.3) is 0 Å². The third kappa shape index (κ3) is 3.59. The maximum absolute atomic E-state index is 12.0. The molecule has 1 amide bonds. The topological polar surface area (TPSA) is 66.0 Å². The lowest BCUT2D eigenvalue weighted by Crippen LogP contribution is -2.72. The van der Waals surface area contributed by atoms with E-state index < -0.39 is 0 Å². The molecule has 6 nitrogen and oxygen atoms in total. The van der Waals surface area contributed by atoms with Gasteiger partial charge in [-0.1, -0.05) is 12.5 Å². The second-order valence-corrected chi connectivity index (χ2v) is 9.19. The van der Waals surface area contributed by atoms with E-state index in [9.17, 15) is 4.79 Å². The van der Waals surface area contributed by atoms with E-state index in [1.54, 1.807) is 30.3 Å². The number of carbonyl (C=O) groups is 1. The summed E-state index contributed by atoms with van der Waals surface area (Å²) in [7, 11) is 3.54. The first kappa shape index (κ1) is 18.7. The van der Waals surface area contributed by atoms with E-state index in [4.69, 9.17) is 4.74 Å². The van der Waals surface area contributed by atoms with Gasteiger partial charge < -0.3 is 20.3 Å². The molecule has 2 aliphatic carbocycles. The van der Waals surface area contributed by atoms with Crippen molar-refractivity contribution in [2.45, 2.75) is 44.2 Å². The van der Waals surface area contributed by atoms with Crippen molar-refractivity contribution in [1.29, 1.82) is 0 Å². The minimum Gasteiger partial charge on any atom is -0.377 e. The van der Waals surface area contributed by atoms with E-state index >= 15 is 0 Å². The molecule has 148 valence electrons. The van der Waals surface area contributed by atoms with Crippen molar-refractivity contribution in [1.82, 2.24) is 15.5 Å². The summed E-state index contributed by atoms with van der Waals surface area (Å²) in [5, 5.41) is 9.24. The number of hydrogen-bond acceptors (Lipinski definition) is 4. The Labute approximate surface area is 165 Å². The SMILES string of the molecule is CN(C)C(=O)CN=C(NCCc1cccs1)NC1C2CCOC2C12CCC2. The van der Waals surface area contributed by atoms with Gasteiger partial charge in [0.1, 0.15) is 6.54 Å². The van der Waals surface area contributed by atoms with Crippen LogP contribution in [0, 0.1) is 11.3 Å². The molecule has 1 spiro atoms. The summed E-state index contributed by atoms with van der Waals surface area (Å²) in [4.78, 5) is 19.5. The number of nitrogens with one attached hydrogen (secondary N) is 2. The standard InChI is InChI=1S/C20H30N4O2S/c1-24(2)16(25)13-22-19(21-10-6-14-5-3-12-27-14)23-17-15-7-11-26-18(15)20(17)8-4-9-20/h3,5,12,15,17-18H,4,6-11,13H2,1-2H3,(H2,21,22,23). The summed E-state index contributed by atoms with van der Waals surface area (Å²) >= 11 is 1.77. The summed E-state index contributed by atoms with van der Waals surface area (Å²) in [6, 6.07) is 4.65. The summed E-state index contributed by atoms with van der Waals surface area (Å²) in [6.45, 7) is 1.87. The third-order valence-corrected chi connectivity index (χ3v) is 7.38. The number of nitrogens with zero attached hydrogens (tertiary/aromatic N) is 2. The molecule has 7 heteroatoms. The first-order valence-corrected chi connectivity index (χ1v) is 10.9. The van der Waals surface area contributed by atoms with Gasteiger partial charge >= 0.3 is 0 Å². The number of amides is 1. The number of rotatable bonds is 6. The molecule has 27 heavy (non-hydrogen) atoms. The molecule has 0 bridgehead atoms. The van der Waals surface area contributed by atoms with Crippen LogP contribution in [0.1, 0.15) is 30.6 Å². The number of thiophene rings is 1. The molecular weight excluding hydrogens is 360 g/mol. The molecule has 2 N–H and O–H groups in total. The van der Waals surface area contributed by atoms with Gasteiger partial charge in [0.2, 0.25) is 5.91 Å². The highest BCUT2D eigenvalue weighted by molar-refractivity contribution is 7.09. The van der Waals surface area contributed by atoms with Gasteiger partial charge in [-0.3, -0.25) is 4.79 Å². The lowest BCUT2D eigenvalue weighted by molar-refractivity contribution is -0.171. The maximum Gasteiger partial charge on any atom is 0.243 e. The van der Waals surface area contributed by atoms with E-state index in [1.807, 2.05) is 0 Å². The van der Waals surface area contributed by atoms with Gasteiger partial charge in [-0.25, -0.2) is 4.99 Å². The fourth-order valence-electron chi connectivity index (χ4n) is 4.80. The highest BCUT2D eigenvalue weighted by Crippen LogP contribution is 2.62. The molecule has 1 aliphatic heterocycles. The average Bonchev–Trinajstić information content (AvgIpc) is 3.25. The molecule has 2 saturated carbocycles. The Morgan fingerprint density at radius 2 is 2.30 bits per heavy atom. The molecule has 3 atom stereocenters. The molecule has 2 heterocycles. The van der Waals surface area contributed by atoms with E-state index in [0.29, 0.717) is 23.5 Å². The third-order valence-electron chi connectivity index (χ3n) is 6.44. The molecule has 0 radical (unpaired) electrons. The van der Waals surface area contributed by atoms with E-state index in [1.165, 1.54) is 24.1 Å². The zero-order valence-electron chi connectivity index (χ0n) is 16.2. The van der Waals surface area contributed by atoms with Crippen molar-refractivity contribution < 1.29 is 9.53 Å². The second kappa shape index (κ2) is 7.80. The zero-order valence-corrected chi connectivity index (χ0v) is 17.1. The molecule has 3 fully saturated rings. The smallest absolute Gasteiger partial charge is 0.243 e. The van der Waals surface area contributed by atoms with Crippen LogP contribution in [0.15, 0.2) is 22.5 Å². The summed E-state index contributed by atoms with van der Waals surface area (Å²) in [5.74, 6) is 1.37. The number of hydrogen-bond donors (Lipinski definition) is 2. The Morgan fingerprint density at radius 1 is 1.44 bits per heavy atom. The van der Waals surface area contributed by atoms with Crippen LogP contribution in [-0.2, 0) is 16.0 Å². The highest BCUT2D eigenvalue weighted by Gasteiger charge is 2.66. The Morgan fingerprint density at radius 3 is 2.96 bits per heavy atom. The highest BCUT2D eigenvalue weighted by atomic mass is 32.1. The average molecular weight is 391 g/mol.